The van der Waals surface area contributed by atoms with Gasteiger partial charge in [0.2, 0.25) is 0 Å². The van der Waals surface area contributed by atoms with Crippen molar-refractivity contribution in [1.82, 2.24) is 15.3 Å². The number of furan rings is 1. The van der Waals surface area contributed by atoms with Gasteiger partial charge in [-0.15, -0.1) is 0 Å². The maximum absolute atomic E-state index is 5.35. The number of nitrogens with one attached hydrogen (secondary N) is 1. The molecule has 1 N–H and O–H groups in total. The third kappa shape index (κ3) is 3.20. The summed E-state index contributed by atoms with van der Waals surface area (Å²) in [5.74, 6) is 1.96. The molecular weight excluding hydrogens is 238 g/mol. The molecule has 102 valence electrons. The molecule has 0 bridgehead atoms. The van der Waals surface area contributed by atoms with Gasteiger partial charge in [0.1, 0.15) is 0 Å². The average Bonchev–Trinajstić information content (AvgIpc) is 2.87. The van der Waals surface area contributed by atoms with Crippen molar-refractivity contribution in [1.29, 1.82) is 0 Å². The lowest BCUT2D eigenvalue weighted by molar-refractivity contribution is 0.536. The molecule has 4 nitrogen and oxygen atoms in total. The number of aryl methyl sites for hydroxylation is 2. The van der Waals surface area contributed by atoms with E-state index in [1.807, 2.05) is 33.0 Å². The molecule has 2 aromatic rings. The van der Waals surface area contributed by atoms with Crippen LogP contribution in [0.1, 0.15) is 23.9 Å². The van der Waals surface area contributed by atoms with Crippen molar-refractivity contribution >= 4 is 0 Å². The van der Waals surface area contributed by atoms with Gasteiger partial charge in [-0.25, -0.2) is 9.97 Å². The maximum atomic E-state index is 5.35. The predicted molar refractivity (Wildman–Crippen MR) is 76.0 cm³/mol. The summed E-state index contributed by atoms with van der Waals surface area (Å²) in [7, 11) is 1.98. The van der Waals surface area contributed by atoms with E-state index in [1.165, 1.54) is 5.56 Å². The van der Waals surface area contributed by atoms with E-state index in [4.69, 9.17) is 4.42 Å². The second kappa shape index (κ2) is 5.97. The van der Waals surface area contributed by atoms with Crippen LogP contribution in [0.2, 0.25) is 0 Å². The molecule has 1 atom stereocenters. The minimum atomic E-state index is 0.570. The molecule has 0 aliphatic carbocycles. The van der Waals surface area contributed by atoms with Gasteiger partial charge in [0.05, 0.1) is 6.26 Å². The Bertz CT molecular complexity index is 511. The molecule has 1 unspecified atom stereocenters. The summed E-state index contributed by atoms with van der Waals surface area (Å²) >= 11 is 0. The van der Waals surface area contributed by atoms with Crippen LogP contribution >= 0.6 is 0 Å². The molecular formula is C15H21N3O. The summed E-state index contributed by atoms with van der Waals surface area (Å²) in [6.45, 7) is 7.32. The van der Waals surface area contributed by atoms with Gasteiger partial charge < -0.3 is 9.73 Å². The van der Waals surface area contributed by atoms with Gasteiger partial charge in [0.25, 0.3) is 0 Å². The van der Waals surface area contributed by atoms with Crippen LogP contribution < -0.4 is 5.32 Å². The molecule has 4 heteroatoms. The Balaban J connectivity index is 2.27. The van der Waals surface area contributed by atoms with Crippen LogP contribution in [0.4, 0.5) is 0 Å². The normalized spacial score (nSPS) is 12.6. The lowest BCUT2D eigenvalue weighted by atomic mass is 9.98. The summed E-state index contributed by atoms with van der Waals surface area (Å²) in [6.07, 6.45) is 2.64. The van der Waals surface area contributed by atoms with Gasteiger partial charge >= 0.3 is 0 Å². The Morgan fingerprint density at radius 2 is 1.95 bits per heavy atom. The molecule has 0 aromatic carbocycles. The Morgan fingerprint density at radius 3 is 2.47 bits per heavy atom. The summed E-state index contributed by atoms with van der Waals surface area (Å²) in [5, 5.41) is 3.20. The molecule has 0 radical (unpaired) electrons. The van der Waals surface area contributed by atoms with Gasteiger partial charge in [-0.05, 0) is 57.5 Å². The number of hydrogen-bond donors (Lipinski definition) is 1. The molecule has 0 aliphatic rings. The average molecular weight is 259 g/mol. The molecule has 0 saturated carbocycles. The Labute approximate surface area is 114 Å². The molecule has 2 rings (SSSR count). The Hall–Kier alpha value is -1.68. The molecule has 19 heavy (non-hydrogen) atoms. The van der Waals surface area contributed by atoms with Crippen LogP contribution in [0.5, 0.6) is 0 Å². The third-order valence-corrected chi connectivity index (χ3v) is 3.27. The lowest BCUT2D eigenvalue weighted by Gasteiger charge is -2.14. The van der Waals surface area contributed by atoms with E-state index >= 15 is 0 Å². The van der Waals surface area contributed by atoms with Crippen LogP contribution in [-0.4, -0.2) is 23.6 Å². The molecule has 0 saturated heterocycles. The highest BCUT2D eigenvalue weighted by molar-refractivity contribution is 5.48. The van der Waals surface area contributed by atoms with Crippen LogP contribution in [0.15, 0.2) is 22.8 Å². The minimum Gasteiger partial charge on any atom is -0.461 e. The van der Waals surface area contributed by atoms with E-state index in [0.29, 0.717) is 11.7 Å². The number of nitrogens with zero attached hydrogens (tertiary/aromatic N) is 2. The quantitative estimate of drug-likeness (QED) is 0.897. The molecule has 0 spiro atoms. The molecule has 2 heterocycles. The molecule has 0 amide bonds. The molecule has 0 fully saturated rings. The zero-order valence-corrected chi connectivity index (χ0v) is 12.0. The minimum absolute atomic E-state index is 0.570. The number of aromatic nitrogens is 2. The predicted octanol–water partition coefficient (Wildman–Crippen LogP) is 2.75. The number of rotatable bonds is 5. The van der Waals surface area contributed by atoms with Gasteiger partial charge in [-0.2, -0.15) is 0 Å². The fraction of sp³-hybridized carbons (Fsp3) is 0.467. The fourth-order valence-corrected chi connectivity index (χ4v) is 2.32. The van der Waals surface area contributed by atoms with E-state index in [-0.39, 0.29) is 0 Å². The Kier molecular flexibility index (Phi) is 4.32. The highest BCUT2D eigenvalue weighted by atomic mass is 16.3. The van der Waals surface area contributed by atoms with E-state index < -0.39 is 0 Å². The van der Waals surface area contributed by atoms with E-state index in [1.54, 1.807) is 6.26 Å². The second-order valence-electron chi connectivity index (χ2n) is 5.04. The SMILES string of the molecule is CNCC(C)Cc1c(C)nc(-c2ccco2)nc1C. The largest absolute Gasteiger partial charge is 0.461 e. The maximum Gasteiger partial charge on any atom is 0.196 e. The first-order chi connectivity index (χ1) is 9.11. The van der Waals surface area contributed by atoms with Gasteiger partial charge in [0, 0.05) is 11.4 Å². The summed E-state index contributed by atoms with van der Waals surface area (Å²) in [6, 6.07) is 3.74. The second-order valence-corrected chi connectivity index (χ2v) is 5.04. The van der Waals surface area contributed by atoms with Crippen molar-refractivity contribution in [2.75, 3.05) is 13.6 Å². The van der Waals surface area contributed by atoms with Crippen molar-refractivity contribution in [3.8, 4) is 11.6 Å². The standard InChI is InChI=1S/C15H21N3O/c1-10(9-16-4)8-13-11(2)17-15(18-12(13)3)14-6-5-7-19-14/h5-7,10,16H,8-9H2,1-4H3. The topological polar surface area (TPSA) is 51.0 Å². The number of hydrogen-bond acceptors (Lipinski definition) is 4. The van der Waals surface area contributed by atoms with Crippen molar-refractivity contribution < 1.29 is 4.42 Å². The van der Waals surface area contributed by atoms with E-state index in [0.717, 1.165) is 30.1 Å². The van der Waals surface area contributed by atoms with Crippen molar-refractivity contribution in [2.24, 2.45) is 5.92 Å². The van der Waals surface area contributed by atoms with Crippen LogP contribution in [0.3, 0.4) is 0 Å². The molecule has 0 aliphatic heterocycles. The van der Waals surface area contributed by atoms with Crippen molar-refractivity contribution in [3.05, 3.63) is 35.3 Å². The van der Waals surface area contributed by atoms with Crippen LogP contribution in [-0.2, 0) is 6.42 Å². The fourth-order valence-electron chi connectivity index (χ4n) is 2.32. The summed E-state index contributed by atoms with van der Waals surface area (Å²) in [4.78, 5) is 9.13. The monoisotopic (exact) mass is 259 g/mol. The van der Waals surface area contributed by atoms with Crippen LogP contribution in [0.25, 0.3) is 11.6 Å². The highest BCUT2D eigenvalue weighted by Crippen LogP contribution is 2.21. The molecule has 2 aromatic heterocycles. The smallest absolute Gasteiger partial charge is 0.196 e. The summed E-state index contributed by atoms with van der Waals surface area (Å²) < 4.78 is 5.35. The first-order valence-electron chi connectivity index (χ1n) is 6.64. The van der Waals surface area contributed by atoms with Crippen LogP contribution in [0, 0.1) is 19.8 Å². The lowest BCUT2D eigenvalue weighted by Crippen LogP contribution is -2.19. The Morgan fingerprint density at radius 1 is 1.26 bits per heavy atom. The van der Waals surface area contributed by atoms with Gasteiger partial charge in [-0.3, -0.25) is 0 Å². The highest BCUT2D eigenvalue weighted by Gasteiger charge is 2.13. The van der Waals surface area contributed by atoms with Gasteiger partial charge in [-0.1, -0.05) is 6.92 Å². The van der Waals surface area contributed by atoms with Crippen molar-refractivity contribution in [2.45, 2.75) is 27.2 Å². The zero-order valence-electron chi connectivity index (χ0n) is 12.0. The van der Waals surface area contributed by atoms with E-state index in [9.17, 15) is 0 Å². The zero-order chi connectivity index (χ0) is 13.8. The third-order valence-electron chi connectivity index (χ3n) is 3.27. The first kappa shape index (κ1) is 13.7. The van der Waals surface area contributed by atoms with Gasteiger partial charge in [0.15, 0.2) is 11.6 Å². The summed E-state index contributed by atoms with van der Waals surface area (Å²) in [5.41, 5.74) is 3.33. The van der Waals surface area contributed by atoms with Crippen molar-refractivity contribution in [3.63, 3.8) is 0 Å². The first-order valence-corrected chi connectivity index (χ1v) is 6.64. The van der Waals surface area contributed by atoms with E-state index in [2.05, 4.69) is 22.2 Å².